The Balaban J connectivity index is 1.99. The average Bonchev–Trinajstić information content (AvgIpc) is 2.47. The number of ether oxygens (including phenoxy) is 1. The number of hydrogen-bond donors (Lipinski definition) is 1. The van der Waals surface area contributed by atoms with Crippen molar-refractivity contribution in [1.82, 2.24) is 5.32 Å². The molecule has 2 aliphatic carbocycles. The molecule has 0 bridgehead atoms. The highest BCUT2D eigenvalue weighted by Gasteiger charge is 2.44. The summed E-state index contributed by atoms with van der Waals surface area (Å²) < 4.78 is 6.10. The first-order valence-electron chi connectivity index (χ1n) is 8.74. The Labute approximate surface area is 126 Å². The van der Waals surface area contributed by atoms with Crippen molar-refractivity contribution < 1.29 is 4.74 Å². The topological polar surface area (TPSA) is 21.3 Å². The van der Waals surface area contributed by atoms with Crippen molar-refractivity contribution in [3.05, 3.63) is 0 Å². The molecule has 1 unspecified atom stereocenters. The van der Waals surface area contributed by atoms with Gasteiger partial charge in [0.25, 0.3) is 0 Å². The highest BCUT2D eigenvalue weighted by molar-refractivity contribution is 4.99. The number of rotatable bonds is 5. The van der Waals surface area contributed by atoms with E-state index in [2.05, 4.69) is 26.2 Å². The van der Waals surface area contributed by atoms with Crippen LogP contribution in [0.4, 0.5) is 0 Å². The third kappa shape index (κ3) is 3.76. The van der Waals surface area contributed by atoms with Gasteiger partial charge >= 0.3 is 0 Å². The van der Waals surface area contributed by atoms with Gasteiger partial charge in [-0.15, -0.1) is 0 Å². The smallest absolute Gasteiger partial charge is 0.0831 e. The van der Waals surface area contributed by atoms with Crippen molar-refractivity contribution in [2.45, 2.75) is 89.7 Å². The standard InChI is InChI=1S/C18H35NO/c1-17(2)10-12-18(20-4,13-11-17)16(19-3)14-15-8-6-5-7-9-15/h15-16,19H,5-14H2,1-4H3. The van der Waals surface area contributed by atoms with Gasteiger partial charge in [0.15, 0.2) is 0 Å². The molecule has 118 valence electrons. The maximum absolute atomic E-state index is 6.10. The molecule has 0 aromatic rings. The Morgan fingerprint density at radius 3 is 2.15 bits per heavy atom. The molecule has 0 heterocycles. The normalized spacial score (nSPS) is 28.2. The van der Waals surface area contributed by atoms with Crippen LogP contribution < -0.4 is 5.32 Å². The minimum atomic E-state index is 0.0850. The molecule has 2 nitrogen and oxygen atoms in total. The summed E-state index contributed by atoms with van der Waals surface area (Å²) in [6.45, 7) is 4.81. The predicted molar refractivity (Wildman–Crippen MR) is 86.0 cm³/mol. The fourth-order valence-corrected chi connectivity index (χ4v) is 4.40. The minimum absolute atomic E-state index is 0.0850. The molecule has 0 spiro atoms. The molecule has 0 radical (unpaired) electrons. The molecular weight excluding hydrogens is 246 g/mol. The molecule has 1 N–H and O–H groups in total. The van der Waals surface area contributed by atoms with Crippen LogP contribution in [0, 0.1) is 11.3 Å². The van der Waals surface area contributed by atoms with E-state index in [-0.39, 0.29) is 5.60 Å². The zero-order valence-electron chi connectivity index (χ0n) is 14.1. The van der Waals surface area contributed by atoms with Crippen LogP contribution in [0.5, 0.6) is 0 Å². The first-order valence-corrected chi connectivity index (χ1v) is 8.74. The zero-order chi connectivity index (χ0) is 14.6. The first kappa shape index (κ1) is 16.3. The molecule has 0 aromatic heterocycles. The lowest BCUT2D eigenvalue weighted by molar-refractivity contribution is -0.0899. The van der Waals surface area contributed by atoms with Crippen LogP contribution in [-0.2, 0) is 4.74 Å². The monoisotopic (exact) mass is 281 g/mol. The van der Waals surface area contributed by atoms with E-state index in [1.54, 1.807) is 0 Å². The van der Waals surface area contributed by atoms with Gasteiger partial charge in [-0.1, -0.05) is 46.0 Å². The maximum atomic E-state index is 6.10. The Bertz CT molecular complexity index is 284. The van der Waals surface area contributed by atoms with E-state index in [1.165, 1.54) is 64.2 Å². The third-order valence-corrected chi connectivity index (χ3v) is 6.13. The third-order valence-electron chi connectivity index (χ3n) is 6.13. The van der Waals surface area contributed by atoms with Crippen LogP contribution in [0.3, 0.4) is 0 Å². The highest BCUT2D eigenvalue weighted by Crippen LogP contribution is 2.45. The minimum Gasteiger partial charge on any atom is -0.377 e. The van der Waals surface area contributed by atoms with E-state index in [9.17, 15) is 0 Å². The van der Waals surface area contributed by atoms with Gasteiger partial charge in [-0.05, 0) is 50.5 Å². The van der Waals surface area contributed by atoms with Gasteiger partial charge < -0.3 is 10.1 Å². The molecule has 0 aliphatic heterocycles. The summed E-state index contributed by atoms with van der Waals surface area (Å²) >= 11 is 0. The predicted octanol–water partition coefficient (Wildman–Crippen LogP) is 4.53. The highest BCUT2D eigenvalue weighted by atomic mass is 16.5. The van der Waals surface area contributed by atoms with Crippen LogP contribution in [0.1, 0.15) is 78.1 Å². The van der Waals surface area contributed by atoms with Crippen LogP contribution in [0.25, 0.3) is 0 Å². The van der Waals surface area contributed by atoms with Gasteiger partial charge in [-0.25, -0.2) is 0 Å². The Hall–Kier alpha value is -0.0800. The lowest BCUT2D eigenvalue weighted by atomic mass is 9.66. The second-order valence-corrected chi connectivity index (χ2v) is 8.01. The van der Waals surface area contributed by atoms with E-state index in [0.717, 1.165) is 5.92 Å². The van der Waals surface area contributed by atoms with Gasteiger partial charge in [0.05, 0.1) is 5.60 Å². The molecule has 0 amide bonds. The summed E-state index contributed by atoms with van der Waals surface area (Å²) in [5.41, 5.74) is 0.590. The molecule has 2 heteroatoms. The van der Waals surface area contributed by atoms with Gasteiger partial charge in [-0.3, -0.25) is 0 Å². The van der Waals surface area contributed by atoms with Gasteiger partial charge in [-0.2, -0.15) is 0 Å². The molecule has 2 aliphatic rings. The summed E-state index contributed by atoms with van der Waals surface area (Å²) in [7, 11) is 4.07. The lowest BCUT2D eigenvalue weighted by Crippen LogP contribution is -2.54. The lowest BCUT2D eigenvalue weighted by Gasteiger charge is -2.48. The summed E-state index contributed by atoms with van der Waals surface area (Å²) in [4.78, 5) is 0. The summed E-state index contributed by atoms with van der Waals surface area (Å²) in [6.07, 6.45) is 13.5. The summed E-state index contributed by atoms with van der Waals surface area (Å²) in [5, 5.41) is 3.61. The number of methoxy groups -OCH3 is 1. The molecular formula is C18H35NO. The van der Waals surface area contributed by atoms with E-state index >= 15 is 0 Å². The van der Waals surface area contributed by atoms with Crippen molar-refractivity contribution in [3.8, 4) is 0 Å². The largest absolute Gasteiger partial charge is 0.377 e. The summed E-state index contributed by atoms with van der Waals surface area (Å²) in [5.74, 6) is 0.920. The van der Waals surface area contributed by atoms with Crippen molar-refractivity contribution in [3.63, 3.8) is 0 Å². The van der Waals surface area contributed by atoms with Gasteiger partial charge in [0.1, 0.15) is 0 Å². The number of likely N-dealkylation sites (N-methyl/N-ethyl adjacent to an activating group) is 1. The van der Waals surface area contributed by atoms with Crippen molar-refractivity contribution in [2.75, 3.05) is 14.2 Å². The van der Waals surface area contributed by atoms with Crippen LogP contribution >= 0.6 is 0 Å². The van der Waals surface area contributed by atoms with Crippen molar-refractivity contribution >= 4 is 0 Å². The van der Waals surface area contributed by atoms with E-state index in [1.807, 2.05) is 7.11 Å². The van der Waals surface area contributed by atoms with E-state index < -0.39 is 0 Å². The molecule has 2 fully saturated rings. The van der Waals surface area contributed by atoms with Crippen molar-refractivity contribution in [1.29, 1.82) is 0 Å². The zero-order valence-corrected chi connectivity index (χ0v) is 14.1. The fourth-order valence-electron chi connectivity index (χ4n) is 4.40. The Kier molecular flexibility index (Phi) is 5.53. The molecule has 0 aromatic carbocycles. The molecule has 0 saturated heterocycles. The SMILES string of the molecule is CNC(CC1CCCCC1)C1(OC)CCC(C)(C)CC1. The Morgan fingerprint density at radius 1 is 1.05 bits per heavy atom. The van der Waals surface area contributed by atoms with Gasteiger partial charge in [0, 0.05) is 13.2 Å². The second kappa shape index (κ2) is 6.79. The fraction of sp³-hybridized carbons (Fsp3) is 1.00. The van der Waals surface area contributed by atoms with Gasteiger partial charge in [0.2, 0.25) is 0 Å². The summed E-state index contributed by atoms with van der Waals surface area (Å²) in [6, 6.07) is 0.534. The first-order chi connectivity index (χ1) is 9.51. The van der Waals surface area contributed by atoms with Crippen molar-refractivity contribution in [2.24, 2.45) is 11.3 Å². The Morgan fingerprint density at radius 2 is 1.65 bits per heavy atom. The molecule has 20 heavy (non-hydrogen) atoms. The van der Waals surface area contributed by atoms with E-state index in [4.69, 9.17) is 4.74 Å². The molecule has 2 rings (SSSR count). The van der Waals surface area contributed by atoms with E-state index in [0.29, 0.717) is 11.5 Å². The maximum Gasteiger partial charge on any atom is 0.0831 e. The quantitative estimate of drug-likeness (QED) is 0.799. The van der Waals surface area contributed by atoms with Crippen LogP contribution in [0.2, 0.25) is 0 Å². The second-order valence-electron chi connectivity index (χ2n) is 8.01. The number of nitrogens with one attached hydrogen (secondary N) is 1. The van der Waals surface area contributed by atoms with Crippen LogP contribution in [0.15, 0.2) is 0 Å². The van der Waals surface area contributed by atoms with Crippen LogP contribution in [-0.4, -0.2) is 25.8 Å². The number of hydrogen-bond acceptors (Lipinski definition) is 2. The average molecular weight is 281 g/mol. The molecule has 2 saturated carbocycles. The molecule has 1 atom stereocenters.